The van der Waals surface area contributed by atoms with Gasteiger partial charge in [0.2, 0.25) is 5.91 Å². The third-order valence-corrected chi connectivity index (χ3v) is 3.44. The second-order valence-corrected chi connectivity index (χ2v) is 4.98. The second-order valence-electron chi connectivity index (χ2n) is 4.98. The molecule has 116 valence electrons. The molecule has 1 N–H and O–H groups in total. The molecule has 20 heavy (non-hydrogen) atoms. The molecular formula is C14H26N2O4. The van der Waals surface area contributed by atoms with E-state index in [0.29, 0.717) is 25.8 Å². The topological polar surface area (TPSA) is 67.9 Å². The van der Waals surface area contributed by atoms with Gasteiger partial charge in [0.15, 0.2) is 0 Å². The zero-order valence-electron chi connectivity index (χ0n) is 12.5. The number of hydrogen-bond acceptors (Lipinski definition) is 5. The van der Waals surface area contributed by atoms with Crippen LogP contribution in [0.15, 0.2) is 0 Å². The summed E-state index contributed by atoms with van der Waals surface area (Å²) in [6, 6.07) is 0.436. The number of carbonyl (C=O) groups excluding carboxylic acids is 2. The molecule has 0 bridgehead atoms. The molecule has 0 atom stereocenters. The third kappa shape index (κ3) is 6.34. The Morgan fingerprint density at radius 3 is 2.60 bits per heavy atom. The first-order chi connectivity index (χ1) is 9.67. The average molecular weight is 286 g/mol. The van der Waals surface area contributed by atoms with Crippen LogP contribution in [0, 0.1) is 0 Å². The molecule has 6 nitrogen and oxygen atoms in total. The van der Waals surface area contributed by atoms with Gasteiger partial charge in [-0.05, 0) is 19.8 Å². The summed E-state index contributed by atoms with van der Waals surface area (Å²) >= 11 is 0. The van der Waals surface area contributed by atoms with Gasteiger partial charge < -0.3 is 19.7 Å². The van der Waals surface area contributed by atoms with Gasteiger partial charge in [0, 0.05) is 19.7 Å². The van der Waals surface area contributed by atoms with Crippen LogP contribution in [-0.4, -0.2) is 62.8 Å². The molecule has 1 rings (SSSR count). The number of nitrogens with zero attached hydrogens (tertiary/aromatic N) is 1. The molecule has 0 heterocycles. The molecule has 0 aliphatic heterocycles. The van der Waals surface area contributed by atoms with E-state index in [2.05, 4.69) is 5.32 Å². The van der Waals surface area contributed by atoms with Crippen LogP contribution in [-0.2, 0) is 19.1 Å². The van der Waals surface area contributed by atoms with Gasteiger partial charge in [-0.3, -0.25) is 9.59 Å². The molecule has 0 saturated heterocycles. The molecule has 1 amide bonds. The number of amides is 1. The molecule has 0 aromatic heterocycles. The monoisotopic (exact) mass is 286 g/mol. The Labute approximate surface area is 120 Å². The molecule has 1 saturated carbocycles. The zero-order valence-corrected chi connectivity index (χ0v) is 12.5. The van der Waals surface area contributed by atoms with Gasteiger partial charge in [0.05, 0.1) is 19.8 Å². The van der Waals surface area contributed by atoms with Crippen LogP contribution in [0.1, 0.15) is 32.6 Å². The molecule has 6 heteroatoms. The van der Waals surface area contributed by atoms with Crippen molar-refractivity contribution in [2.45, 2.75) is 38.6 Å². The fraction of sp³-hybridized carbons (Fsp3) is 0.857. The maximum atomic E-state index is 12.1. The van der Waals surface area contributed by atoms with E-state index in [1.165, 1.54) is 17.7 Å². The van der Waals surface area contributed by atoms with Gasteiger partial charge in [-0.2, -0.15) is 0 Å². The summed E-state index contributed by atoms with van der Waals surface area (Å²) in [5.41, 5.74) is 0. The van der Waals surface area contributed by atoms with Crippen molar-refractivity contribution in [2.24, 2.45) is 0 Å². The summed E-state index contributed by atoms with van der Waals surface area (Å²) < 4.78 is 9.86. The van der Waals surface area contributed by atoms with Gasteiger partial charge in [0.25, 0.3) is 0 Å². The van der Waals surface area contributed by atoms with Crippen LogP contribution in [0.25, 0.3) is 0 Å². The van der Waals surface area contributed by atoms with Gasteiger partial charge in [0.1, 0.15) is 6.54 Å². The van der Waals surface area contributed by atoms with E-state index >= 15 is 0 Å². The van der Waals surface area contributed by atoms with Crippen molar-refractivity contribution >= 4 is 11.9 Å². The fourth-order valence-corrected chi connectivity index (χ4v) is 2.33. The molecule has 0 aromatic carbocycles. The van der Waals surface area contributed by atoms with Gasteiger partial charge >= 0.3 is 5.97 Å². The summed E-state index contributed by atoms with van der Waals surface area (Å²) in [6.45, 7) is 3.15. The Balaban J connectivity index is 2.38. The lowest BCUT2D eigenvalue weighted by Gasteiger charge is -2.22. The van der Waals surface area contributed by atoms with Gasteiger partial charge in [-0.1, -0.05) is 12.8 Å². The Hall–Kier alpha value is -1.14. The predicted molar refractivity (Wildman–Crippen MR) is 75.3 cm³/mol. The number of nitrogens with one attached hydrogen (secondary N) is 1. The number of hydrogen-bond donors (Lipinski definition) is 1. The lowest BCUT2D eigenvalue weighted by Crippen LogP contribution is -2.44. The molecule has 0 radical (unpaired) electrons. The minimum Gasteiger partial charge on any atom is -0.465 e. The van der Waals surface area contributed by atoms with Crippen molar-refractivity contribution < 1.29 is 19.1 Å². The highest BCUT2D eigenvalue weighted by Gasteiger charge is 2.20. The normalized spacial score (nSPS) is 15.3. The number of ether oxygens (including phenoxy) is 2. The summed E-state index contributed by atoms with van der Waals surface area (Å²) in [6.07, 6.45) is 4.70. The summed E-state index contributed by atoms with van der Waals surface area (Å²) in [4.78, 5) is 25.1. The Morgan fingerprint density at radius 2 is 2.00 bits per heavy atom. The van der Waals surface area contributed by atoms with Crippen LogP contribution in [0.3, 0.4) is 0 Å². The predicted octanol–water partition coefficient (Wildman–Crippen LogP) is 0.557. The average Bonchev–Trinajstić information content (AvgIpc) is 2.94. The van der Waals surface area contributed by atoms with E-state index in [9.17, 15) is 9.59 Å². The van der Waals surface area contributed by atoms with Crippen molar-refractivity contribution in [3.05, 3.63) is 0 Å². The zero-order chi connectivity index (χ0) is 14.8. The SMILES string of the molecule is CCOC(=O)CN(CCOC)C(=O)CNC1CCCC1. The van der Waals surface area contributed by atoms with Crippen LogP contribution >= 0.6 is 0 Å². The minimum absolute atomic E-state index is 0.0115. The smallest absolute Gasteiger partial charge is 0.325 e. The molecule has 0 aromatic rings. The number of methoxy groups -OCH3 is 1. The summed E-state index contributed by atoms with van der Waals surface area (Å²) in [5, 5.41) is 3.26. The highest BCUT2D eigenvalue weighted by molar-refractivity contribution is 5.83. The minimum atomic E-state index is -0.377. The Morgan fingerprint density at radius 1 is 1.30 bits per heavy atom. The maximum Gasteiger partial charge on any atom is 0.325 e. The number of esters is 1. The quantitative estimate of drug-likeness (QED) is 0.627. The van der Waals surface area contributed by atoms with E-state index < -0.39 is 0 Å². The maximum absolute atomic E-state index is 12.1. The Bertz CT molecular complexity index is 304. The summed E-state index contributed by atoms with van der Waals surface area (Å²) in [7, 11) is 1.57. The largest absolute Gasteiger partial charge is 0.465 e. The molecule has 0 spiro atoms. The van der Waals surface area contributed by atoms with E-state index in [1.807, 2.05) is 0 Å². The van der Waals surface area contributed by atoms with Crippen molar-refractivity contribution in [1.82, 2.24) is 10.2 Å². The first-order valence-corrected chi connectivity index (χ1v) is 7.33. The van der Waals surface area contributed by atoms with Gasteiger partial charge in [-0.25, -0.2) is 0 Å². The van der Waals surface area contributed by atoms with Crippen LogP contribution in [0.4, 0.5) is 0 Å². The summed E-state index contributed by atoms with van der Waals surface area (Å²) in [5.74, 6) is -0.458. The highest BCUT2D eigenvalue weighted by atomic mass is 16.5. The molecule has 1 aliphatic rings. The van der Waals surface area contributed by atoms with Crippen molar-refractivity contribution in [2.75, 3.05) is 40.0 Å². The molecule has 1 fully saturated rings. The molecular weight excluding hydrogens is 260 g/mol. The van der Waals surface area contributed by atoms with Crippen molar-refractivity contribution in [1.29, 1.82) is 0 Å². The Kier molecular flexibility index (Phi) is 8.22. The van der Waals surface area contributed by atoms with E-state index in [1.54, 1.807) is 14.0 Å². The van der Waals surface area contributed by atoms with E-state index in [4.69, 9.17) is 9.47 Å². The standard InChI is InChI=1S/C14H26N2O4/c1-3-20-14(18)11-16(8-9-19-2)13(17)10-15-12-6-4-5-7-12/h12,15H,3-11H2,1-2H3. The molecule has 1 aliphatic carbocycles. The number of carbonyl (C=O) groups is 2. The van der Waals surface area contributed by atoms with Crippen LogP contribution < -0.4 is 5.32 Å². The van der Waals surface area contributed by atoms with E-state index in [-0.39, 0.29) is 25.0 Å². The lowest BCUT2D eigenvalue weighted by molar-refractivity contribution is -0.149. The highest BCUT2D eigenvalue weighted by Crippen LogP contribution is 2.17. The van der Waals surface area contributed by atoms with Gasteiger partial charge in [-0.15, -0.1) is 0 Å². The first-order valence-electron chi connectivity index (χ1n) is 7.33. The van der Waals surface area contributed by atoms with Crippen LogP contribution in [0.5, 0.6) is 0 Å². The fourth-order valence-electron chi connectivity index (χ4n) is 2.33. The number of rotatable bonds is 9. The van der Waals surface area contributed by atoms with Crippen molar-refractivity contribution in [3.63, 3.8) is 0 Å². The van der Waals surface area contributed by atoms with Crippen LogP contribution in [0.2, 0.25) is 0 Å². The third-order valence-electron chi connectivity index (χ3n) is 3.44. The second kappa shape index (κ2) is 9.72. The lowest BCUT2D eigenvalue weighted by atomic mass is 10.2. The first kappa shape index (κ1) is 16.9. The van der Waals surface area contributed by atoms with Crippen molar-refractivity contribution in [3.8, 4) is 0 Å². The molecule has 0 unspecified atom stereocenters. The van der Waals surface area contributed by atoms with E-state index in [0.717, 1.165) is 12.8 Å².